The maximum absolute atomic E-state index is 12.5. The Morgan fingerprint density at radius 1 is 1.00 bits per heavy atom. The van der Waals surface area contributed by atoms with E-state index in [4.69, 9.17) is 4.74 Å². The summed E-state index contributed by atoms with van der Waals surface area (Å²) in [6, 6.07) is 23.9. The number of hydrazone groups is 1. The van der Waals surface area contributed by atoms with E-state index in [0.717, 1.165) is 41.2 Å². The maximum atomic E-state index is 12.5. The van der Waals surface area contributed by atoms with Crippen LogP contribution in [0.15, 0.2) is 83.1 Å². The average Bonchev–Trinajstić information content (AvgIpc) is 3.38. The zero-order chi connectivity index (χ0) is 26.9. The fraction of sp³-hybridized carbons (Fsp3) is 0.241. The van der Waals surface area contributed by atoms with Gasteiger partial charge in [0.1, 0.15) is 5.75 Å². The van der Waals surface area contributed by atoms with Crippen molar-refractivity contribution in [3.05, 3.63) is 83.9 Å². The van der Waals surface area contributed by atoms with Gasteiger partial charge in [0, 0.05) is 30.0 Å². The van der Waals surface area contributed by atoms with E-state index in [9.17, 15) is 4.79 Å². The van der Waals surface area contributed by atoms with Crippen LogP contribution in [0.25, 0.3) is 17.1 Å². The molecule has 1 heterocycles. The van der Waals surface area contributed by atoms with Crippen LogP contribution in [-0.2, 0) is 4.79 Å². The molecule has 0 fully saturated rings. The summed E-state index contributed by atoms with van der Waals surface area (Å²) in [6.45, 7) is 8.22. The van der Waals surface area contributed by atoms with Crippen LogP contribution in [0.4, 0.5) is 5.69 Å². The van der Waals surface area contributed by atoms with E-state index in [2.05, 4.69) is 51.6 Å². The SMILES string of the molecule is CCN(CC)c1ccc(/C=N/NC(=O)CSc2nnc(-c3ccc(C)cc3)n2-c2ccc(OC)cc2)cc1. The molecule has 38 heavy (non-hydrogen) atoms. The molecule has 0 aliphatic heterocycles. The third kappa shape index (κ3) is 6.60. The van der Waals surface area contributed by atoms with E-state index in [0.29, 0.717) is 11.0 Å². The second kappa shape index (κ2) is 12.9. The summed E-state index contributed by atoms with van der Waals surface area (Å²) in [6.07, 6.45) is 1.64. The van der Waals surface area contributed by atoms with E-state index in [1.165, 1.54) is 17.4 Å². The Balaban J connectivity index is 1.45. The molecule has 8 nitrogen and oxygen atoms in total. The van der Waals surface area contributed by atoms with Crippen LogP contribution >= 0.6 is 11.8 Å². The zero-order valence-electron chi connectivity index (χ0n) is 22.1. The van der Waals surface area contributed by atoms with Crippen molar-refractivity contribution in [2.75, 3.05) is 30.9 Å². The van der Waals surface area contributed by atoms with Gasteiger partial charge in [-0.05, 0) is 62.7 Å². The normalized spacial score (nSPS) is 11.1. The number of nitrogens with one attached hydrogen (secondary N) is 1. The molecule has 9 heteroatoms. The van der Waals surface area contributed by atoms with Crippen molar-refractivity contribution >= 4 is 29.6 Å². The monoisotopic (exact) mass is 528 g/mol. The van der Waals surface area contributed by atoms with Crippen molar-refractivity contribution < 1.29 is 9.53 Å². The molecule has 3 aromatic carbocycles. The number of aromatic nitrogens is 3. The molecule has 0 saturated carbocycles. The van der Waals surface area contributed by atoms with Crippen molar-refractivity contribution in [1.82, 2.24) is 20.2 Å². The largest absolute Gasteiger partial charge is 0.497 e. The van der Waals surface area contributed by atoms with Crippen LogP contribution < -0.4 is 15.1 Å². The van der Waals surface area contributed by atoms with Crippen molar-refractivity contribution in [2.45, 2.75) is 25.9 Å². The van der Waals surface area contributed by atoms with Crippen LogP contribution in [0.5, 0.6) is 5.75 Å². The minimum atomic E-state index is -0.229. The van der Waals surface area contributed by atoms with Crippen LogP contribution in [0, 0.1) is 6.92 Å². The minimum absolute atomic E-state index is 0.139. The third-order valence-electron chi connectivity index (χ3n) is 6.03. The molecule has 1 amide bonds. The molecule has 0 unspecified atom stereocenters. The predicted molar refractivity (Wildman–Crippen MR) is 155 cm³/mol. The molecule has 0 atom stereocenters. The van der Waals surface area contributed by atoms with E-state index in [1.54, 1.807) is 13.3 Å². The van der Waals surface area contributed by atoms with Gasteiger partial charge in [-0.3, -0.25) is 9.36 Å². The average molecular weight is 529 g/mol. The van der Waals surface area contributed by atoms with E-state index in [-0.39, 0.29) is 11.7 Å². The quantitative estimate of drug-likeness (QED) is 0.161. The Kier molecular flexibility index (Phi) is 9.16. The lowest BCUT2D eigenvalue weighted by Gasteiger charge is -2.20. The summed E-state index contributed by atoms with van der Waals surface area (Å²) in [7, 11) is 1.63. The standard InChI is InChI=1S/C29H32N6O2S/c1-5-34(6-2)24-13-9-22(10-14-24)19-30-31-27(36)20-38-29-33-32-28(23-11-7-21(3)8-12-23)35(29)25-15-17-26(37-4)18-16-25/h7-19H,5-6,20H2,1-4H3,(H,31,36)/b30-19+. The van der Waals surface area contributed by atoms with Gasteiger partial charge in [-0.2, -0.15) is 5.10 Å². The minimum Gasteiger partial charge on any atom is -0.497 e. The van der Waals surface area contributed by atoms with E-state index >= 15 is 0 Å². The highest BCUT2D eigenvalue weighted by Gasteiger charge is 2.17. The summed E-state index contributed by atoms with van der Waals surface area (Å²) < 4.78 is 7.25. The number of hydrogen-bond acceptors (Lipinski definition) is 7. The molecule has 0 saturated heterocycles. The van der Waals surface area contributed by atoms with E-state index in [1.807, 2.05) is 72.2 Å². The topological polar surface area (TPSA) is 84.6 Å². The number of methoxy groups -OCH3 is 1. The molecule has 4 rings (SSSR count). The first-order chi connectivity index (χ1) is 18.5. The smallest absolute Gasteiger partial charge is 0.250 e. The molecule has 1 aromatic heterocycles. The lowest BCUT2D eigenvalue weighted by molar-refractivity contribution is -0.118. The van der Waals surface area contributed by atoms with Gasteiger partial charge in [-0.25, -0.2) is 5.43 Å². The highest BCUT2D eigenvalue weighted by Crippen LogP contribution is 2.29. The first-order valence-electron chi connectivity index (χ1n) is 12.5. The number of benzene rings is 3. The highest BCUT2D eigenvalue weighted by molar-refractivity contribution is 7.99. The number of ether oxygens (including phenoxy) is 1. The fourth-order valence-electron chi connectivity index (χ4n) is 3.92. The number of carbonyl (C=O) groups is 1. The molecular weight excluding hydrogens is 496 g/mol. The number of anilines is 1. The van der Waals surface area contributed by atoms with Gasteiger partial charge in [0.15, 0.2) is 11.0 Å². The Hall–Kier alpha value is -4.11. The number of nitrogens with zero attached hydrogens (tertiary/aromatic N) is 5. The van der Waals surface area contributed by atoms with Gasteiger partial charge in [-0.1, -0.05) is 53.7 Å². The molecule has 0 radical (unpaired) electrons. The summed E-state index contributed by atoms with van der Waals surface area (Å²) in [5.41, 5.74) is 7.66. The van der Waals surface area contributed by atoms with Crippen molar-refractivity contribution in [1.29, 1.82) is 0 Å². The molecule has 0 spiro atoms. The van der Waals surface area contributed by atoms with Crippen LogP contribution in [0.3, 0.4) is 0 Å². The predicted octanol–water partition coefficient (Wildman–Crippen LogP) is 5.34. The number of aryl methyl sites for hydroxylation is 1. The third-order valence-corrected chi connectivity index (χ3v) is 6.96. The summed E-state index contributed by atoms with van der Waals surface area (Å²) >= 11 is 1.30. The van der Waals surface area contributed by atoms with E-state index < -0.39 is 0 Å². The Bertz CT molecular complexity index is 1360. The second-order valence-electron chi connectivity index (χ2n) is 8.55. The first kappa shape index (κ1) is 26.9. The van der Waals surface area contributed by atoms with Crippen LogP contribution in [0.1, 0.15) is 25.0 Å². The van der Waals surface area contributed by atoms with Crippen LogP contribution in [0.2, 0.25) is 0 Å². The van der Waals surface area contributed by atoms with Crippen molar-refractivity contribution in [3.8, 4) is 22.8 Å². The number of amides is 1. The molecular formula is C29H32N6O2S. The number of carbonyl (C=O) groups excluding carboxylic acids is 1. The van der Waals surface area contributed by atoms with Gasteiger partial charge in [-0.15, -0.1) is 10.2 Å². The Morgan fingerprint density at radius 2 is 1.68 bits per heavy atom. The molecule has 4 aromatic rings. The van der Waals surface area contributed by atoms with Gasteiger partial charge < -0.3 is 9.64 Å². The molecule has 1 N–H and O–H groups in total. The number of rotatable bonds is 11. The zero-order valence-corrected chi connectivity index (χ0v) is 22.9. The molecule has 0 aliphatic carbocycles. The number of thioether (sulfide) groups is 1. The van der Waals surface area contributed by atoms with Gasteiger partial charge in [0.2, 0.25) is 0 Å². The maximum Gasteiger partial charge on any atom is 0.250 e. The molecule has 196 valence electrons. The number of hydrogen-bond donors (Lipinski definition) is 1. The molecule has 0 aliphatic rings. The highest BCUT2D eigenvalue weighted by atomic mass is 32.2. The van der Waals surface area contributed by atoms with Crippen molar-refractivity contribution in [2.24, 2.45) is 5.10 Å². The van der Waals surface area contributed by atoms with Gasteiger partial charge in [0.05, 0.1) is 19.1 Å². The second-order valence-corrected chi connectivity index (χ2v) is 9.49. The Labute approximate surface area is 227 Å². The van der Waals surface area contributed by atoms with Crippen molar-refractivity contribution in [3.63, 3.8) is 0 Å². The summed E-state index contributed by atoms with van der Waals surface area (Å²) in [4.78, 5) is 14.8. The summed E-state index contributed by atoms with van der Waals surface area (Å²) in [5, 5.41) is 13.6. The van der Waals surface area contributed by atoms with Crippen LogP contribution in [-0.4, -0.2) is 52.8 Å². The molecule has 0 bridgehead atoms. The lowest BCUT2D eigenvalue weighted by Crippen LogP contribution is -2.21. The first-order valence-corrected chi connectivity index (χ1v) is 13.5. The fourth-order valence-corrected chi connectivity index (χ4v) is 4.66. The Morgan fingerprint density at radius 3 is 2.32 bits per heavy atom. The summed E-state index contributed by atoms with van der Waals surface area (Å²) in [5.74, 6) is 1.37. The van der Waals surface area contributed by atoms with Gasteiger partial charge in [0.25, 0.3) is 5.91 Å². The van der Waals surface area contributed by atoms with Gasteiger partial charge >= 0.3 is 0 Å². The lowest BCUT2D eigenvalue weighted by atomic mass is 10.1.